The maximum Gasteiger partial charge on any atom is 0.322 e. The van der Waals surface area contributed by atoms with Crippen LogP contribution in [0.2, 0.25) is 0 Å². The monoisotopic (exact) mass is 377 g/mol. The fraction of sp³-hybridized carbons (Fsp3) is 0.190. The van der Waals surface area contributed by atoms with Gasteiger partial charge in [0, 0.05) is 34.1 Å². The maximum atomic E-state index is 13.3. The molecule has 28 heavy (non-hydrogen) atoms. The highest BCUT2D eigenvalue weighted by Crippen LogP contribution is 2.39. The van der Waals surface area contributed by atoms with Gasteiger partial charge in [0.1, 0.15) is 6.54 Å². The van der Waals surface area contributed by atoms with E-state index in [0.717, 1.165) is 5.56 Å². The lowest BCUT2D eigenvalue weighted by Crippen LogP contribution is -2.24. The molecule has 142 valence electrons. The Balaban J connectivity index is 1.99. The highest BCUT2D eigenvalue weighted by molar-refractivity contribution is 6.26. The minimum Gasteiger partial charge on any atom is -0.480 e. The molecule has 0 fully saturated rings. The summed E-state index contributed by atoms with van der Waals surface area (Å²) in [4.78, 5) is 37.2. The second kappa shape index (κ2) is 6.94. The summed E-state index contributed by atoms with van der Waals surface area (Å²) in [6.07, 6.45) is 0.602. The predicted molar refractivity (Wildman–Crippen MR) is 107 cm³/mol. The first-order valence-corrected chi connectivity index (χ1v) is 9.03. The molecule has 0 bridgehead atoms. The van der Waals surface area contributed by atoms with Crippen LogP contribution < -0.4 is 16.6 Å². The first-order valence-electron chi connectivity index (χ1n) is 9.03. The molecule has 2 aromatic carbocycles. The second-order valence-corrected chi connectivity index (χ2v) is 6.70. The maximum absolute atomic E-state index is 13.3. The highest BCUT2D eigenvalue weighted by Gasteiger charge is 2.32. The van der Waals surface area contributed by atoms with Gasteiger partial charge >= 0.3 is 5.97 Å². The number of hydrogen-bond acceptors (Lipinski definition) is 5. The van der Waals surface area contributed by atoms with Gasteiger partial charge in [-0.3, -0.25) is 14.4 Å². The van der Waals surface area contributed by atoms with Crippen molar-refractivity contribution in [3.05, 3.63) is 63.9 Å². The number of nitrogens with one attached hydrogen (secondary N) is 1. The van der Waals surface area contributed by atoms with Crippen LogP contribution in [0.15, 0.2) is 47.3 Å². The number of carboxylic acids is 1. The molecule has 7 nitrogen and oxygen atoms in total. The number of aromatic nitrogens is 1. The minimum atomic E-state index is -1.000. The Kier molecular flexibility index (Phi) is 4.44. The van der Waals surface area contributed by atoms with E-state index < -0.39 is 5.97 Å². The molecule has 1 aromatic heterocycles. The first-order chi connectivity index (χ1) is 13.5. The standard InChI is InChI=1S/C21H19N3O4/c22-8-3-9-24-19-14-4-1-2-5-15(14)20(27)18(19)13-7-6-12(23-11-17(25)26)10-16(13)21(24)28/h1-2,4-7,10,23H,3,8-9,11,22H2,(H,25,26). The summed E-state index contributed by atoms with van der Waals surface area (Å²) in [6.45, 7) is 0.569. The van der Waals surface area contributed by atoms with Gasteiger partial charge in [0.15, 0.2) is 5.78 Å². The van der Waals surface area contributed by atoms with Crippen LogP contribution in [-0.2, 0) is 11.3 Å². The Morgan fingerprint density at radius 3 is 2.54 bits per heavy atom. The number of nitrogens with two attached hydrogens (primary N) is 1. The molecule has 7 heteroatoms. The smallest absolute Gasteiger partial charge is 0.322 e. The van der Waals surface area contributed by atoms with E-state index in [-0.39, 0.29) is 17.9 Å². The Hall–Kier alpha value is -3.45. The minimum absolute atomic E-state index is 0.108. The van der Waals surface area contributed by atoms with Crippen LogP contribution in [0.4, 0.5) is 5.69 Å². The summed E-state index contributed by atoms with van der Waals surface area (Å²) in [5.74, 6) is -1.11. The number of nitrogens with zero attached hydrogens (tertiary/aromatic N) is 1. The predicted octanol–water partition coefficient (Wildman–Crippen LogP) is 2.06. The second-order valence-electron chi connectivity index (χ2n) is 6.70. The van der Waals surface area contributed by atoms with Gasteiger partial charge in [-0.05, 0) is 25.1 Å². The van der Waals surface area contributed by atoms with Crippen molar-refractivity contribution in [2.75, 3.05) is 18.4 Å². The Labute approximate surface area is 160 Å². The molecule has 3 aromatic rings. The van der Waals surface area contributed by atoms with Crippen molar-refractivity contribution in [3.8, 4) is 11.3 Å². The van der Waals surface area contributed by atoms with Gasteiger partial charge < -0.3 is 20.7 Å². The van der Waals surface area contributed by atoms with Crippen molar-refractivity contribution in [2.45, 2.75) is 13.0 Å². The van der Waals surface area contributed by atoms with Crippen molar-refractivity contribution < 1.29 is 14.7 Å². The molecule has 0 unspecified atom stereocenters. The SMILES string of the molecule is NCCCn1c2c(c3ccc(NCC(=O)O)cc3c1=O)C(=O)c1ccccc1-2. The average Bonchev–Trinajstić information content (AvgIpc) is 2.99. The number of carboxylic acid groups (broad SMARTS) is 1. The number of carbonyl (C=O) groups is 2. The third-order valence-electron chi connectivity index (χ3n) is 4.95. The molecule has 0 saturated carbocycles. The molecule has 0 radical (unpaired) electrons. The summed E-state index contributed by atoms with van der Waals surface area (Å²) < 4.78 is 1.62. The molecule has 0 aliphatic heterocycles. The Morgan fingerprint density at radius 2 is 1.82 bits per heavy atom. The lowest BCUT2D eigenvalue weighted by atomic mass is 10.0. The lowest BCUT2D eigenvalue weighted by molar-refractivity contribution is -0.134. The van der Waals surface area contributed by atoms with E-state index in [1.54, 1.807) is 34.9 Å². The lowest BCUT2D eigenvalue weighted by Gasteiger charge is -2.15. The van der Waals surface area contributed by atoms with E-state index in [1.165, 1.54) is 0 Å². The van der Waals surface area contributed by atoms with Gasteiger partial charge in [0.05, 0.1) is 11.3 Å². The van der Waals surface area contributed by atoms with Crippen molar-refractivity contribution in [1.82, 2.24) is 4.57 Å². The van der Waals surface area contributed by atoms with Crippen molar-refractivity contribution >= 4 is 28.2 Å². The average molecular weight is 377 g/mol. The third kappa shape index (κ3) is 2.76. The van der Waals surface area contributed by atoms with Gasteiger partial charge in [0.2, 0.25) is 0 Å². The molecule has 1 aliphatic carbocycles. The molecule has 1 heterocycles. The number of pyridine rings is 1. The van der Waals surface area contributed by atoms with Crippen molar-refractivity contribution in [1.29, 1.82) is 0 Å². The fourth-order valence-corrected chi connectivity index (χ4v) is 3.73. The van der Waals surface area contributed by atoms with Gasteiger partial charge in [0.25, 0.3) is 5.56 Å². The topological polar surface area (TPSA) is 114 Å². The molecular weight excluding hydrogens is 358 g/mol. The zero-order chi connectivity index (χ0) is 19.8. The molecule has 0 spiro atoms. The summed E-state index contributed by atoms with van der Waals surface area (Å²) in [7, 11) is 0. The quantitative estimate of drug-likeness (QED) is 0.474. The van der Waals surface area contributed by atoms with Crippen LogP contribution in [0.3, 0.4) is 0 Å². The van der Waals surface area contributed by atoms with E-state index in [2.05, 4.69) is 5.32 Å². The first kappa shape index (κ1) is 17.9. The van der Waals surface area contributed by atoms with Crippen molar-refractivity contribution in [3.63, 3.8) is 0 Å². The Morgan fingerprint density at radius 1 is 1.07 bits per heavy atom. The number of aliphatic carboxylic acids is 1. The van der Waals surface area contributed by atoms with E-state index in [0.29, 0.717) is 52.8 Å². The van der Waals surface area contributed by atoms with Crippen LogP contribution in [0, 0.1) is 0 Å². The largest absolute Gasteiger partial charge is 0.480 e. The molecule has 0 atom stereocenters. The molecule has 0 amide bonds. The summed E-state index contributed by atoms with van der Waals surface area (Å²) in [6, 6.07) is 12.3. The molecule has 4 rings (SSSR count). The van der Waals surface area contributed by atoms with Gasteiger partial charge in [-0.25, -0.2) is 0 Å². The Bertz CT molecular complexity index is 1180. The summed E-state index contributed by atoms with van der Waals surface area (Å²) >= 11 is 0. The van der Waals surface area contributed by atoms with Gasteiger partial charge in [-0.1, -0.05) is 30.3 Å². The van der Waals surface area contributed by atoms with Gasteiger partial charge in [-0.15, -0.1) is 0 Å². The summed E-state index contributed by atoms with van der Waals surface area (Å²) in [5.41, 5.74) is 8.43. The number of rotatable bonds is 6. The number of ketones is 1. The van der Waals surface area contributed by atoms with Crippen LogP contribution in [0.25, 0.3) is 22.0 Å². The van der Waals surface area contributed by atoms with E-state index in [9.17, 15) is 14.4 Å². The van der Waals surface area contributed by atoms with E-state index in [1.807, 2.05) is 12.1 Å². The molecule has 4 N–H and O–H groups in total. The summed E-state index contributed by atoms with van der Waals surface area (Å²) in [5, 5.41) is 12.6. The number of fused-ring (bicyclic) bond motifs is 5. The number of benzene rings is 2. The van der Waals surface area contributed by atoms with Gasteiger partial charge in [-0.2, -0.15) is 0 Å². The third-order valence-corrected chi connectivity index (χ3v) is 4.95. The van der Waals surface area contributed by atoms with Crippen LogP contribution in [-0.4, -0.2) is 34.5 Å². The van der Waals surface area contributed by atoms with E-state index in [4.69, 9.17) is 10.8 Å². The zero-order valence-electron chi connectivity index (χ0n) is 15.1. The van der Waals surface area contributed by atoms with Crippen LogP contribution >= 0.6 is 0 Å². The molecule has 1 aliphatic rings. The van der Waals surface area contributed by atoms with E-state index >= 15 is 0 Å². The van der Waals surface area contributed by atoms with Crippen molar-refractivity contribution in [2.24, 2.45) is 5.73 Å². The van der Waals surface area contributed by atoms with Crippen LogP contribution in [0.1, 0.15) is 22.3 Å². The number of anilines is 1. The van der Waals surface area contributed by atoms with Crippen LogP contribution in [0.5, 0.6) is 0 Å². The fourth-order valence-electron chi connectivity index (χ4n) is 3.73. The molecule has 0 saturated heterocycles. The molecular formula is C21H19N3O4. The zero-order valence-corrected chi connectivity index (χ0v) is 15.1. The number of hydrogen-bond donors (Lipinski definition) is 3. The number of carbonyl (C=O) groups excluding carboxylic acids is 1. The normalized spacial score (nSPS) is 12.1. The highest BCUT2D eigenvalue weighted by atomic mass is 16.4.